The summed E-state index contributed by atoms with van der Waals surface area (Å²) in [4.78, 5) is 24.6. The first kappa shape index (κ1) is 16.8. The number of aliphatic hydroxyl groups excluding tert-OH is 1. The Hall–Kier alpha value is -1.53. The number of carbonyl (C=O) groups excluding carboxylic acids is 1. The summed E-state index contributed by atoms with van der Waals surface area (Å²) in [5.74, 6) is -0.0662. The van der Waals surface area contributed by atoms with E-state index in [0.717, 1.165) is 18.8 Å². The van der Waals surface area contributed by atoms with Gasteiger partial charge in [-0.3, -0.25) is 14.7 Å². The zero-order valence-electron chi connectivity index (χ0n) is 13.9. The van der Waals surface area contributed by atoms with Crippen LogP contribution in [0.15, 0.2) is 12.4 Å². The third-order valence-electron chi connectivity index (χ3n) is 4.09. The van der Waals surface area contributed by atoms with Crippen molar-refractivity contribution >= 4 is 5.91 Å². The van der Waals surface area contributed by atoms with E-state index in [-0.39, 0.29) is 17.4 Å². The van der Waals surface area contributed by atoms with E-state index >= 15 is 0 Å². The van der Waals surface area contributed by atoms with Gasteiger partial charge >= 0.3 is 0 Å². The van der Waals surface area contributed by atoms with E-state index in [0.29, 0.717) is 25.3 Å². The normalized spacial score (nSPS) is 18.3. The smallest absolute Gasteiger partial charge is 0.274 e. The number of amides is 1. The van der Waals surface area contributed by atoms with Crippen LogP contribution in [0.2, 0.25) is 0 Å². The maximum Gasteiger partial charge on any atom is 0.274 e. The predicted molar refractivity (Wildman–Crippen MR) is 84.6 cm³/mol. The summed E-state index contributed by atoms with van der Waals surface area (Å²) < 4.78 is 0. The Balaban J connectivity index is 1.87. The van der Waals surface area contributed by atoms with Gasteiger partial charge in [0.2, 0.25) is 0 Å². The molecule has 1 fully saturated rings. The lowest BCUT2D eigenvalue weighted by molar-refractivity contribution is 0.0136. The second-order valence-electron chi connectivity index (χ2n) is 7.02. The molecule has 2 rings (SSSR count). The number of hydrogen-bond donors (Lipinski definition) is 1. The summed E-state index contributed by atoms with van der Waals surface area (Å²) >= 11 is 0. The van der Waals surface area contributed by atoms with Gasteiger partial charge in [-0.15, -0.1) is 0 Å². The average molecular weight is 306 g/mol. The first-order chi connectivity index (χ1) is 10.3. The Bertz CT molecular complexity index is 502. The molecule has 1 saturated heterocycles. The van der Waals surface area contributed by atoms with Crippen molar-refractivity contribution in [3.63, 3.8) is 0 Å². The van der Waals surface area contributed by atoms with Gasteiger partial charge in [0, 0.05) is 38.9 Å². The number of hydrogen-bond acceptors (Lipinski definition) is 5. The third kappa shape index (κ3) is 4.24. The highest BCUT2D eigenvalue weighted by Gasteiger charge is 2.28. The molecule has 1 aliphatic rings. The lowest BCUT2D eigenvalue weighted by Gasteiger charge is -2.37. The van der Waals surface area contributed by atoms with Gasteiger partial charge in [-0.2, -0.15) is 0 Å². The van der Waals surface area contributed by atoms with Crippen LogP contribution in [-0.2, 0) is 0 Å². The Labute approximate surface area is 132 Å². The standard InChI is InChI=1S/C16H26N4O2/c1-12-9-18-13(10-17-12)15(22)20-7-5-19(6-8-20)11-14(21)16(2,3)4/h9-10,14,21H,5-8,11H2,1-4H3. The molecule has 1 amide bonds. The summed E-state index contributed by atoms with van der Waals surface area (Å²) in [6.45, 7) is 11.5. The Kier molecular flexibility index (Phi) is 5.13. The quantitative estimate of drug-likeness (QED) is 0.900. The highest BCUT2D eigenvalue weighted by atomic mass is 16.3. The fourth-order valence-electron chi connectivity index (χ4n) is 2.32. The molecule has 0 spiro atoms. The molecule has 2 heterocycles. The number of carbonyl (C=O) groups is 1. The molecule has 1 aromatic rings. The van der Waals surface area contributed by atoms with E-state index < -0.39 is 0 Å². The van der Waals surface area contributed by atoms with Gasteiger partial charge < -0.3 is 10.0 Å². The first-order valence-corrected chi connectivity index (χ1v) is 7.75. The second kappa shape index (κ2) is 6.71. The molecule has 0 aliphatic carbocycles. The van der Waals surface area contributed by atoms with Gasteiger partial charge in [-0.25, -0.2) is 4.98 Å². The molecule has 0 radical (unpaired) electrons. The van der Waals surface area contributed by atoms with Crippen molar-refractivity contribution in [2.75, 3.05) is 32.7 Å². The van der Waals surface area contributed by atoms with Crippen LogP contribution in [0.1, 0.15) is 37.0 Å². The lowest BCUT2D eigenvalue weighted by Crippen LogP contribution is -2.51. The number of piperazine rings is 1. The molecule has 1 unspecified atom stereocenters. The van der Waals surface area contributed by atoms with Crippen LogP contribution < -0.4 is 0 Å². The summed E-state index contributed by atoms with van der Waals surface area (Å²) in [6.07, 6.45) is 2.79. The van der Waals surface area contributed by atoms with Gasteiger partial charge in [0.25, 0.3) is 5.91 Å². The number of aliphatic hydroxyl groups is 1. The van der Waals surface area contributed by atoms with E-state index in [1.807, 2.05) is 27.7 Å². The minimum absolute atomic E-state index is 0.0662. The van der Waals surface area contributed by atoms with Crippen LogP contribution in [-0.4, -0.2) is 69.6 Å². The monoisotopic (exact) mass is 306 g/mol. The molecule has 0 bridgehead atoms. The van der Waals surface area contributed by atoms with Crippen molar-refractivity contribution in [2.45, 2.75) is 33.8 Å². The van der Waals surface area contributed by atoms with Crippen molar-refractivity contribution < 1.29 is 9.90 Å². The highest BCUT2D eigenvalue weighted by molar-refractivity contribution is 5.92. The van der Waals surface area contributed by atoms with Crippen molar-refractivity contribution in [3.05, 3.63) is 23.8 Å². The average Bonchev–Trinajstić information content (AvgIpc) is 2.47. The number of aromatic nitrogens is 2. The van der Waals surface area contributed by atoms with E-state index in [2.05, 4.69) is 14.9 Å². The molecule has 6 nitrogen and oxygen atoms in total. The van der Waals surface area contributed by atoms with Crippen molar-refractivity contribution in [1.82, 2.24) is 19.8 Å². The van der Waals surface area contributed by atoms with E-state index in [1.54, 1.807) is 11.1 Å². The molecule has 22 heavy (non-hydrogen) atoms. The molecule has 0 saturated carbocycles. The largest absolute Gasteiger partial charge is 0.391 e. The topological polar surface area (TPSA) is 69.6 Å². The summed E-state index contributed by atoms with van der Waals surface area (Å²) in [5.41, 5.74) is 1.08. The minimum atomic E-state index is -0.363. The summed E-state index contributed by atoms with van der Waals surface area (Å²) in [5, 5.41) is 10.2. The second-order valence-corrected chi connectivity index (χ2v) is 7.02. The van der Waals surface area contributed by atoms with Crippen LogP contribution >= 0.6 is 0 Å². The lowest BCUT2D eigenvalue weighted by atomic mass is 9.89. The van der Waals surface area contributed by atoms with Gasteiger partial charge in [0.1, 0.15) is 5.69 Å². The third-order valence-corrected chi connectivity index (χ3v) is 4.09. The van der Waals surface area contributed by atoms with Crippen molar-refractivity contribution in [3.8, 4) is 0 Å². The zero-order chi connectivity index (χ0) is 16.3. The SMILES string of the molecule is Cc1cnc(C(=O)N2CCN(CC(O)C(C)(C)C)CC2)cn1. The van der Waals surface area contributed by atoms with Crippen LogP contribution in [0, 0.1) is 12.3 Å². The van der Waals surface area contributed by atoms with Gasteiger partial charge in [0.15, 0.2) is 0 Å². The van der Waals surface area contributed by atoms with Gasteiger partial charge in [-0.1, -0.05) is 20.8 Å². The van der Waals surface area contributed by atoms with Crippen molar-refractivity contribution in [1.29, 1.82) is 0 Å². The molecular formula is C16H26N4O2. The molecule has 1 aliphatic heterocycles. The summed E-state index contributed by atoms with van der Waals surface area (Å²) in [6, 6.07) is 0. The molecule has 1 atom stereocenters. The molecule has 0 aromatic carbocycles. The maximum atomic E-state index is 12.4. The van der Waals surface area contributed by atoms with E-state index in [1.165, 1.54) is 6.20 Å². The highest BCUT2D eigenvalue weighted by Crippen LogP contribution is 2.20. The maximum absolute atomic E-state index is 12.4. The fourth-order valence-corrected chi connectivity index (χ4v) is 2.32. The van der Waals surface area contributed by atoms with Gasteiger partial charge in [-0.05, 0) is 12.3 Å². The van der Waals surface area contributed by atoms with Gasteiger partial charge in [0.05, 0.1) is 18.0 Å². The van der Waals surface area contributed by atoms with Crippen LogP contribution in [0.5, 0.6) is 0 Å². The molecule has 122 valence electrons. The molecular weight excluding hydrogens is 280 g/mol. The van der Waals surface area contributed by atoms with E-state index in [4.69, 9.17) is 0 Å². The Morgan fingerprint density at radius 2 is 1.86 bits per heavy atom. The van der Waals surface area contributed by atoms with Crippen LogP contribution in [0.3, 0.4) is 0 Å². The fraction of sp³-hybridized carbons (Fsp3) is 0.688. The number of β-amino-alcohol motifs (C(OH)–C–C–N with tert-alkyl or cyclic N) is 1. The number of aryl methyl sites for hydroxylation is 1. The van der Waals surface area contributed by atoms with E-state index in [9.17, 15) is 9.90 Å². The molecule has 6 heteroatoms. The van der Waals surface area contributed by atoms with Crippen LogP contribution in [0.25, 0.3) is 0 Å². The molecule has 1 N–H and O–H groups in total. The first-order valence-electron chi connectivity index (χ1n) is 7.75. The predicted octanol–water partition coefficient (Wildman–Crippen LogP) is 0.950. The van der Waals surface area contributed by atoms with Crippen molar-refractivity contribution in [2.24, 2.45) is 5.41 Å². The Morgan fingerprint density at radius 1 is 1.23 bits per heavy atom. The summed E-state index contributed by atoms with van der Waals surface area (Å²) in [7, 11) is 0. The Morgan fingerprint density at radius 3 is 2.36 bits per heavy atom. The number of rotatable bonds is 3. The van der Waals surface area contributed by atoms with Crippen LogP contribution in [0.4, 0.5) is 0 Å². The number of nitrogens with zero attached hydrogens (tertiary/aromatic N) is 4. The molecule has 1 aromatic heterocycles. The minimum Gasteiger partial charge on any atom is -0.391 e. The zero-order valence-corrected chi connectivity index (χ0v) is 13.9.